The summed E-state index contributed by atoms with van der Waals surface area (Å²) >= 11 is 12.3. The van der Waals surface area contributed by atoms with Gasteiger partial charge in [0.25, 0.3) is 5.91 Å². The Hall–Kier alpha value is -4.22. The van der Waals surface area contributed by atoms with Crippen LogP contribution in [0, 0.1) is 5.41 Å². The highest BCUT2D eigenvalue weighted by molar-refractivity contribution is 6.35. The molecule has 4 N–H and O–H groups in total. The normalized spacial score (nSPS) is 11.6. The number of hydrogen-bond acceptors (Lipinski definition) is 4. The van der Waals surface area contributed by atoms with Crippen molar-refractivity contribution in [3.8, 4) is 22.5 Å². The van der Waals surface area contributed by atoms with E-state index < -0.39 is 17.6 Å². The number of hydrogen-bond donors (Lipinski definition) is 3. The van der Waals surface area contributed by atoms with Crippen molar-refractivity contribution in [3.05, 3.63) is 99.5 Å². The van der Waals surface area contributed by atoms with Crippen LogP contribution in [0.2, 0.25) is 10.0 Å². The molecule has 200 valence electrons. The molecule has 13 heteroatoms. The summed E-state index contributed by atoms with van der Waals surface area (Å²) in [5.74, 6) is 4.27. The molecule has 0 saturated heterocycles. The van der Waals surface area contributed by atoms with Crippen molar-refractivity contribution in [1.82, 2.24) is 15.1 Å². The van der Waals surface area contributed by atoms with Crippen LogP contribution in [0.15, 0.2) is 83.1 Å². The SMILES string of the molecule is N=C(CNC(=O)c1ccc(Cn2nc(-c3cc(Cl)cc(Cl)c3)cc2-c2ccc(C(F)(F)F)cc2)cc1)/N=N\N. The van der Waals surface area contributed by atoms with Crippen molar-refractivity contribution in [3.63, 3.8) is 0 Å². The molecule has 39 heavy (non-hydrogen) atoms. The standard InChI is InChI=1S/C26H20Cl2F3N7O/c27-20-9-18(10-21(28)11-20)22-12-23(16-5-7-19(8-6-16)26(29,30)31)38(36-22)14-15-1-3-17(4-2-15)25(39)34-13-24(32)35-37-33/h1-12H,13-14H2,(H,34,39)(H3,32,33,35). The third-order valence-corrected chi connectivity index (χ3v) is 6.03. The summed E-state index contributed by atoms with van der Waals surface area (Å²) in [7, 11) is 0. The number of aromatic nitrogens is 2. The number of halogens is 5. The van der Waals surface area contributed by atoms with Gasteiger partial charge in [-0.05, 0) is 59.7 Å². The quantitative estimate of drug-likeness (QED) is 0.0756. The van der Waals surface area contributed by atoms with E-state index in [1.165, 1.54) is 12.1 Å². The highest BCUT2D eigenvalue weighted by Crippen LogP contribution is 2.33. The fourth-order valence-electron chi connectivity index (χ4n) is 3.75. The van der Waals surface area contributed by atoms with E-state index in [4.69, 9.17) is 34.5 Å². The Morgan fingerprint density at radius 3 is 2.21 bits per heavy atom. The number of carbonyl (C=O) groups is 1. The molecule has 8 nitrogen and oxygen atoms in total. The number of carbonyl (C=O) groups excluding carboxylic acids is 1. The maximum atomic E-state index is 13.1. The number of nitrogens with zero attached hydrogens (tertiary/aromatic N) is 4. The number of rotatable bonds is 7. The summed E-state index contributed by atoms with van der Waals surface area (Å²) < 4.78 is 41.0. The Labute approximate surface area is 230 Å². The van der Waals surface area contributed by atoms with Gasteiger partial charge in [-0.25, -0.2) is 0 Å². The summed E-state index contributed by atoms with van der Waals surface area (Å²) in [4.78, 5) is 12.3. The van der Waals surface area contributed by atoms with Crippen LogP contribution in [-0.2, 0) is 12.7 Å². The number of nitrogens with one attached hydrogen (secondary N) is 2. The molecule has 1 aromatic heterocycles. The van der Waals surface area contributed by atoms with Gasteiger partial charge in [0.15, 0.2) is 5.84 Å². The van der Waals surface area contributed by atoms with Crippen molar-refractivity contribution in [1.29, 1.82) is 5.41 Å². The Balaban J connectivity index is 1.63. The van der Waals surface area contributed by atoms with E-state index in [2.05, 4.69) is 20.8 Å². The molecule has 1 heterocycles. The van der Waals surface area contributed by atoms with E-state index in [0.29, 0.717) is 38.1 Å². The second-order valence-corrected chi connectivity index (χ2v) is 9.22. The lowest BCUT2D eigenvalue weighted by Gasteiger charge is -2.10. The van der Waals surface area contributed by atoms with E-state index in [1.54, 1.807) is 53.2 Å². The van der Waals surface area contributed by atoms with Gasteiger partial charge in [-0.1, -0.05) is 52.7 Å². The average Bonchev–Trinajstić information content (AvgIpc) is 3.31. The van der Waals surface area contributed by atoms with Crippen molar-refractivity contribution in [2.75, 3.05) is 6.54 Å². The smallest absolute Gasteiger partial charge is 0.345 e. The maximum Gasteiger partial charge on any atom is 0.416 e. The van der Waals surface area contributed by atoms with Gasteiger partial charge >= 0.3 is 6.18 Å². The largest absolute Gasteiger partial charge is 0.416 e. The first kappa shape index (κ1) is 27.8. The van der Waals surface area contributed by atoms with Crippen LogP contribution in [0.25, 0.3) is 22.5 Å². The monoisotopic (exact) mass is 573 g/mol. The zero-order valence-corrected chi connectivity index (χ0v) is 21.5. The predicted molar refractivity (Wildman–Crippen MR) is 143 cm³/mol. The van der Waals surface area contributed by atoms with Gasteiger partial charge in [-0.3, -0.25) is 14.9 Å². The zero-order valence-electron chi connectivity index (χ0n) is 20.0. The number of benzene rings is 3. The molecule has 1 amide bonds. The van der Waals surface area contributed by atoms with Gasteiger partial charge < -0.3 is 11.2 Å². The first-order chi connectivity index (χ1) is 18.5. The van der Waals surface area contributed by atoms with Crippen molar-refractivity contribution in [2.45, 2.75) is 12.7 Å². The summed E-state index contributed by atoms with van der Waals surface area (Å²) in [5.41, 5.74) is 2.66. The lowest BCUT2D eigenvalue weighted by Crippen LogP contribution is -2.28. The van der Waals surface area contributed by atoms with Gasteiger partial charge in [0.05, 0.1) is 30.0 Å². The van der Waals surface area contributed by atoms with Crippen molar-refractivity contribution >= 4 is 34.9 Å². The fourth-order valence-corrected chi connectivity index (χ4v) is 4.27. The molecule has 4 aromatic rings. The molecule has 0 fully saturated rings. The summed E-state index contributed by atoms with van der Waals surface area (Å²) in [5, 5.41) is 21.8. The van der Waals surface area contributed by atoms with Crippen LogP contribution in [0.1, 0.15) is 21.5 Å². The van der Waals surface area contributed by atoms with Gasteiger partial charge in [0.2, 0.25) is 0 Å². The van der Waals surface area contributed by atoms with E-state index in [1.807, 2.05) is 0 Å². The highest BCUT2D eigenvalue weighted by atomic mass is 35.5. The Bertz CT molecular complexity index is 1510. The molecule has 0 aliphatic carbocycles. The molecular weight excluding hydrogens is 554 g/mol. The number of nitrogens with two attached hydrogens (primary N) is 1. The van der Waals surface area contributed by atoms with E-state index in [0.717, 1.165) is 17.7 Å². The number of alkyl halides is 3. The summed E-state index contributed by atoms with van der Waals surface area (Å²) in [6, 6.07) is 18.2. The molecule has 0 aliphatic heterocycles. The molecule has 3 aromatic carbocycles. The first-order valence-corrected chi connectivity index (χ1v) is 12.1. The van der Waals surface area contributed by atoms with Crippen LogP contribution in [0.3, 0.4) is 0 Å². The minimum Gasteiger partial charge on any atom is -0.345 e. The molecule has 4 rings (SSSR count). The molecule has 0 saturated carbocycles. The molecule has 0 aliphatic rings. The Morgan fingerprint density at radius 1 is 0.974 bits per heavy atom. The third-order valence-electron chi connectivity index (χ3n) is 5.59. The molecule has 0 unspecified atom stereocenters. The van der Waals surface area contributed by atoms with E-state index >= 15 is 0 Å². The highest BCUT2D eigenvalue weighted by Gasteiger charge is 2.30. The Morgan fingerprint density at radius 2 is 1.62 bits per heavy atom. The van der Waals surface area contributed by atoms with Gasteiger partial charge in [-0.15, -0.1) is 5.11 Å². The minimum atomic E-state index is -4.45. The predicted octanol–water partition coefficient (Wildman–Crippen LogP) is 6.62. The van der Waals surface area contributed by atoms with E-state index in [9.17, 15) is 18.0 Å². The number of amidine groups is 1. The van der Waals surface area contributed by atoms with Crippen LogP contribution in [-0.4, -0.2) is 28.1 Å². The Kier molecular flexibility index (Phi) is 8.32. The molecular formula is C26H20Cl2F3N7O. The maximum absolute atomic E-state index is 13.1. The fraction of sp³-hybridized carbons (Fsp3) is 0.115. The van der Waals surface area contributed by atoms with Gasteiger partial charge in [-0.2, -0.15) is 18.3 Å². The van der Waals surface area contributed by atoms with Crippen LogP contribution < -0.4 is 11.2 Å². The summed E-state index contributed by atoms with van der Waals surface area (Å²) in [6.07, 6.45) is -4.45. The van der Waals surface area contributed by atoms with E-state index in [-0.39, 0.29) is 18.9 Å². The number of amides is 1. The van der Waals surface area contributed by atoms with Gasteiger partial charge in [0.1, 0.15) is 0 Å². The lowest BCUT2D eigenvalue weighted by molar-refractivity contribution is -0.137. The second kappa shape index (κ2) is 11.7. The molecule has 0 atom stereocenters. The molecule has 0 spiro atoms. The van der Waals surface area contributed by atoms with Crippen molar-refractivity contribution < 1.29 is 18.0 Å². The minimum absolute atomic E-state index is 0.138. The van der Waals surface area contributed by atoms with Crippen LogP contribution in [0.4, 0.5) is 13.2 Å². The lowest BCUT2D eigenvalue weighted by atomic mass is 10.1. The topological polar surface area (TPSA) is 122 Å². The average molecular weight is 574 g/mol. The van der Waals surface area contributed by atoms with Crippen LogP contribution >= 0.6 is 23.2 Å². The van der Waals surface area contributed by atoms with Crippen molar-refractivity contribution in [2.24, 2.45) is 16.2 Å². The molecule has 0 bridgehead atoms. The summed E-state index contributed by atoms with van der Waals surface area (Å²) in [6.45, 7) is 0.120. The second-order valence-electron chi connectivity index (χ2n) is 8.35. The van der Waals surface area contributed by atoms with Gasteiger partial charge in [0, 0.05) is 21.2 Å². The van der Waals surface area contributed by atoms with Crippen LogP contribution in [0.5, 0.6) is 0 Å². The molecule has 0 radical (unpaired) electrons. The first-order valence-electron chi connectivity index (χ1n) is 11.3. The third kappa shape index (κ3) is 7.01. The zero-order chi connectivity index (χ0) is 28.2.